The summed E-state index contributed by atoms with van der Waals surface area (Å²) in [6.07, 6.45) is 0. The number of ether oxygens (including phenoxy) is 2. The topological polar surface area (TPSA) is 47.7 Å². The predicted octanol–water partition coefficient (Wildman–Crippen LogP) is 2.39. The third-order valence-electron chi connectivity index (χ3n) is 3.02. The molecule has 0 aliphatic rings. The van der Waals surface area contributed by atoms with E-state index in [1.807, 2.05) is 33.2 Å². The molecule has 1 aromatic carbocycles. The predicted molar refractivity (Wildman–Crippen MR) is 75.3 cm³/mol. The van der Waals surface area contributed by atoms with E-state index in [1.165, 1.54) is 0 Å². The Hall–Kier alpha value is -1.42. The van der Waals surface area contributed by atoms with Crippen molar-refractivity contribution in [1.82, 2.24) is 4.90 Å². The van der Waals surface area contributed by atoms with Crippen LogP contribution in [0.1, 0.15) is 20.8 Å². The fourth-order valence-corrected chi connectivity index (χ4v) is 1.32. The first-order chi connectivity index (χ1) is 8.35. The molecule has 0 spiro atoms. The number of anilines is 1. The van der Waals surface area contributed by atoms with E-state index < -0.39 is 0 Å². The Labute approximate surface area is 110 Å². The minimum absolute atomic E-state index is 0.0314. The summed E-state index contributed by atoms with van der Waals surface area (Å²) in [6.45, 7) is 7.41. The number of nitrogens with two attached hydrogens (primary N) is 1. The van der Waals surface area contributed by atoms with E-state index in [0.29, 0.717) is 18.9 Å². The molecule has 1 aromatic rings. The van der Waals surface area contributed by atoms with Crippen LogP contribution in [0.4, 0.5) is 5.69 Å². The van der Waals surface area contributed by atoms with Crippen LogP contribution in [0.25, 0.3) is 0 Å². The first-order valence-corrected chi connectivity index (χ1v) is 6.19. The maximum Gasteiger partial charge on any atom is 0.125 e. The number of hydrogen-bond donors (Lipinski definition) is 1. The summed E-state index contributed by atoms with van der Waals surface area (Å²) in [5.74, 6) is 1.49. The van der Waals surface area contributed by atoms with Crippen molar-refractivity contribution in [3.63, 3.8) is 0 Å². The molecule has 0 aromatic heterocycles. The SMILES string of the molecule is CCOc1cc(N)cc(OCC(C)(C)N(C)C)c1. The van der Waals surface area contributed by atoms with Gasteiger partial charge in [-0.3, -0.25) is 0 Å². The van der Waals surface area contributed by atoms with Crippen molar-refractivity contribution in [2.24, 2.45) is 0 Å². The smallest absolute Gasteiger partial charge is 0.125 e. The Morgan fingerprint density at radius 3 is 2.17 bits per heavy atom. The van der Waals surface area contributed by atoms with Crippen molar-refractivity contribution in [1.29, 1.82) is 0 Å². The fraction of sp³-hybridized carbons (Fsp3) is 0.571. The molecule has 0 atom stereocenters. The highest BCUT2D eigenvalue weighted by Crippen LogP contribution is 2.25. The molecule has 102 valence electrons. The minimum Gasteiger partial charge on any atom is -0.494 e. The van der Waals surface area contributed by atoms with Gasteiger partial charge in [0.2, 0.25) is 0 Å². The number of hydrogen-bond acceptors (Lipinski definition) is 4. The van der Waals surface area contributed by atoms with Crippen LogP contribution in [-0.2, 0) is 0 Å². The molecule has 4 nitrogen and oxygen atoms in total. The summed E-state index contributed by atoms with van der Waals surface area (Å²) < 4.78 is 11.2. The van der Waals surface area contributed by atoms with Crippen LogP contribution in [0.15, 0.2) is 18.2 Å². The molecule has 4 heteroatoms. The average molecular weight is 252 g/mol. The summed E-state index contributed by atoms with van der Waals surface area (Å²) in [7, 11) is 4.07. The van der Waals surface area contributed by atoms with Crippen molar-refractivity contribution in [2.75, 3.05) is 33.0 Å². The minimum atomic E-state index is -0.0314. The second-order valence-electron chi connectivity index (χ2n) is 5.17. The van der Waals surface area contributed by atoms with Crippen molar-refractivity contribution in [3.8, 4) is 11.5 Å². The highest BCUT2D eigenvalue weighted by atomic mass is 16.5. The van der Waals surface area contributed by atoms with E-state index in [9.17, 15) is 0 Å². The lowest BCUT2D eigenvalue weighted by molar-refractivity contribution is 0.114. The molecular formula is C14H24N2O2. The molecule has 0 amide bonds. The third-order valence-corrected chi connectivity index (χ3v) is 3.02. The summed E-state index contributed by atoms with van der Waals surface area (Å²) in [5.41, 5.74) is 6.44. The van der Waals surface area contributed by atoms with Gasteiger partial charge in [0.05, 0.1) is 6.61 Å². The maximum atomic E-state index is 5.82. The van der Waals surface area contributed by atoms with Gasteiger partial charge in [-0.15, -0.1) is 0 Å². The lowest BCUT2D eigenvalue weighted by atomic mass is 10.1. The number of nitrogen functional groups attached to an aromatic ring is 1. The van der Waals surface area contributed by atoms with Crippen molar-refractivity contribution in [3.05, 3.63) is 18.2 Å². The van der Waals surface area contributed by atoms with E-state index in [-0.39, 0.29) is 5.54 Å². The lowest BCUT2D eigenvalue weighted by Crippen LogP contribution is -2.43. The van der Waals surface area contributed by atoms with Gasteiger partial charge in [-0.1, -0.05) is 0 Å². The standard InChI is InChI=1S/C14H24N2O2/c1-6-17-12-7-11(15)8-13(9-12)18-10-14(2,3)16(4)5/h7-9H,6,10,15H2,1-5H3. The van der Waals surface area contributed by atoms with Gasteiger partial charge in [0.15, 0.2) is 0 Å². The lowest BCUT2D eigenvalue weighted by Gasteiger charge is -2.32. The van der Waals surface area contributed by atoms with Crippen LogP contribution in [0, 0.1) is 0 Å². The first-order valence-electron chi connectivity index (χ1n) is 6.19. The van der Waals surface area contributed by atoms with Crippen molar-refractivity contribution < 1.29 is 9.47 Å². The Morgan fingerprint density at radius 1 is 1.11 bits per heavy atom. The highest BCUT2D eigenvalue weighted by molar-refractivity contribution is 5.50. The third kappa shape index (κ3) is 4.11. The molecule has 0 aliphatic heterocycles. The van der Waals surface area contributed by atoms with Gasteiger partial charge in [-0.2, -0.15) is 0 Å². The van der Waals surface area contributed by atoms with Crippen LogP contribution in [0.3, 0.4) is 0 Å². The summed E-state index contributed by atoms with van der Waals surface area (Å²) in [4.78, 5) is 2.13. The largest absolute Gasteiger partial charge is 0.494 e. The van der Waals surface area contributed by atoms with Gasteiger partial charge < -0.3 is 20.1 Å². The van der Waals surface area contributed by atoms with E-state index in [1.54, 1.807) is 6.07 Å². The maximum absolute atomic E-state index is 5.82. The zero-order chi connectivity index (χ0) is 13.8. The van der Waals surface area contributed by atoms with E-state index >= 15 is 0 Å². The van der Waals surface area contributed by atoms with Crippen molar-refractivity contribution >= 4 is 5.69 Å². The quantitative estimate of drug-likeness (QED) is 0.790. The molecule has 0 radical (unpaired) electrons. The zero-order valence-corrected chi connectivity index (χ0v) is 12.0. The Kier molecular flexibility index (Phi) is 4.84. The fourth-order valence-electron chi connectivity index (χ4n) is 1.32. The molecule has 1 rings (SSSR count). The van der Waals surface area contributed by atoms with Gasteiger partial charge in [0.25, 0.3) is 0 Å². The van der Waals surface area contributed by atoms with Crippen LogP contribution in [0.5, 0.6) is 11.5 Å². The van der Waals surface area contributed by atoms with Gasteiger partial charge in [0, 0.05) is 29.4 Å². The molecule has 0 aliphatic carbocycles. The van der Waals surface area contributed by atoms with Gasteiger partial charge >= 0.3 is 0 Å². The summed E-state index contributed by atoms with van der Waals surface area (Å²) in [6, 6.07) is 5.48. The van der Waals surface area contributed by atoms with Crippen LogP contribution >= 0.6 is 0 Å². The molecule has 0 saturated carbocycles. The zero-order valence-electron chi connectivity index (χ0n) is 12.0. The van der Waals surface area contributed by atoms with E-state index in [2.05, 4.69) is 18.7 Å². The van der Waals surface area contributed by atoms with Gasteiger partial charge in [-0.25, -0.2) is 0 Å². The molecule has 0 bridgehead atoms. The molecule has 0 fully saturated rings. The summed E-state index contributed by atoms with van der Waals surface area (Å²) >= 11 is 0. The molecule has 18 heavy (non-hydrogen) atoms. The number of likely N-dealkylation sites (N-methyl/N-ethyl adjacent to an activating group) is 1. The molecular weight excluding hydrogens is 228 g/mol. The average Bonchev–Trinajstić information content (AvgIpc) is 2.26. The molecule has 2 N–H and O–H groups in total. The van der Waals surface area contributed by atoms with Crippen LogP contribution < -0.4 is 15.2 Å². The Bertz CT molecular complexity index is 389. The molecule has 0 unspecified atom stereocenters. The monoisotopic (exact) mass is 252 g/mol. The number of rotatable bonds is 6. The molecule has 0 saturated heterocycles. The number of benzene rings is 1. The van der Waals surface area contributed by atoms with Crippen LogP contribution in [-0.4, -0.2) is 37.7 Å². The first kappa shape index (κ1) is 14.6. The molecule has 0 heterocycles. The van der Waals surface area contributed by atoms with Crippen molar-refractivity contribution in [2.45, 2.75) is 26.3 Å². The normalized spacial score (nSPS) is 11.7. The Balaban J connectivity index is 2.73. The summed E-state index contributed by atoms with van der Waals surface area (Å²) in [5, 5.41) is 0. The highest BCUT2D eigenvalue weighted by Gasteiger charge is 2.21. The van der Waals surface area contributed by atoms with Gasteiger partial charge in [-0.05, 0) is 34.9 Å². The Morgan fingerprint density at radius 2 is 1.67 bits per heavy atom. The van der Waals surface area contributed by atoms with Crippen LogP contribution in [0.2, 0.25) is 0 Å². The van der Waals surface area contributed by atoms with E-state index in [0.717, 1.165) is 11.5 Å². The second kappa shape index (κ2) is 5.96. The van der Waals surface area contributed by atoms with Gasteiger partial charge in [0.1, 0.15) is 18.1 Å². The second-order valence-corrected chi connectivity index (χ2v) is 5.17. The number of nitrogens with zero attached hydrogens (tertiary/aromatic N) is 1. The van der Waals surface area contributed by atoms with E-state index in [4.69, 9.17) is 15.2 Å².